The van der Waals surface area contributed by atoms with Crippen LogP contribution in [0.4, 0.5) is 0 Å². The average molecular weight is 154 g/mol. The fourth-order valence-corrected chi connectivity index (χ4v) is 0.980. The molecule has 1 N–H and O–H groups in total. The molecule has 1 heterocycles. The number of dihydropyridines is 1. The fraction of sp³-hybridized carbons (Fsp3) is 0.429. The summed E-state index contributed by atoms with van der Waals surface area (Å²) in [7, 11) is 0. The van der Waals surface area contributed by atoms with E-state index < -0.39 is 5.66 Å². The van der Waals surface area contributed by atoms with Crippen LogP contribution in [0.5, 0.6) is 0 Å². The quantitative estimate of drug-likeness (QED) is 0.453. The number of allylic oxidation sites excluding steroid dienone is 2. The number of nitro groups is 1. The molecule has 0 spiro atoms. The van der Waals surface area contributed by atoms with Gasteiger partial charge in [-0.2, -0.15) is 0 Å². The van der Waals surface area contributed by atoms with Gasteiger partial charge in [0.1, 0.15) is 0 Å². The second-order valence-electron chi connectivity index (χ2n) is 2.77. The van der Waals surface area contributed by atoms with Crippen molar-refractivity contribution in [3.05, 3.63) is 34.0 Å². The summed E-state index contributed by atoms with van der Waals surface area (Å²) in [5.41, 5.74) is -0.221. The summed E-state index contributed by atoms with van der Waals surface area (Å²) in [6, 6.07) is 0. The first-order chi connectivity index (χ1) is 5.04. The molecule has 0 radical (unpaired) electrons. The van der Waals surface area contributed by atoms with Crippen molar-refractivity contribution in [2.75, 3.05) is 0 Å². The van der Waals surface area contributed by atoms with Gasteiger partial charge in [0, 0.05) is 19.2 Å². The molecule has 0 aromatic carbocycles. The zero-order valence-corrected chi connectivity index (χ0v) is 6.50. The Morgan fingerprint density at radius 1 is 1.73 bits per heavy atom. The topological polar surface area (TPSA) is 55.2 Å². The van der Waals surface area contributed by atoms with Gasteiger partial charge in [-0.25, -0.2) is 0 Å². The SMILES string of the molecule is CC1=CC(C)([N+](=O)[O-])NC=C1. The van der Waals surface area contributed by atoms with Gasteiger partial charge in [0.25, 0.3) is 0 Å². The van der Waals surface area contributed by atoms with Crippen molar-refractivity contribution in [3.8, 4) is 0 Å². The standard InChI is InChI=1S/C7H10N2O2/c1-6-3-4-8-7(2,5-6)9(10)11/h3-5,8H,1-2H3. The van der Waals surface area contributed by atoms with Crippen LogP contribution >= 0.6 is 0 Å². The minimum Gasteiger partial charge on any atom is -0.325 e. The molecule has 1 atom stereocenters. The minimum atomic E-state index is -1.13. The lowest BCUT2D eigenvalue weighted by Crippen LogP contribution is -2.46. The molecule has 0 amide bonds. The number of nitrogens with one attached hydrogen (secondary N) is 1. The molecule has 1 aliphatic rings. The third-order valence-corrected chi connectivity index (χ3v) is 1.61. The van der Waals surface area contributed by atoms with Crippen LogP contribution in [0.1, 0.15) is 13.8 Å². The van der Waals surface area contributed by atoms with Gasteiger partial charge in [0.15, 0.2) is 0 Å². The Labute approximate surface area is 64.7 Å². The molecule has 1 unspecified atom stereocenters. The largest absolute Gasteiger partial charge is 0.325 e. The third-order valence-electron chi connectivity index (χ3n) is 1.61. The molecule has 0 aromatic rings. The zero-order chi connectivity index (χ0) is 8.48. The van der Waals surface area contributed by atoms with Crippen molar-refractivity contribution in [1.29, 1.82) is 0 Å². The Balaban J connectivity index is 2.92. The van der Waals surface area contributed by atoms with Crippen LogP contribution in [0.2, 0.25) is 0 Å². The van der Waals surface area contributed by atoms with Crippen LogP contribution in [-0.4, -0.2) is 10.6 Å². The summed E-state index contributed by atoms with van der Waals surface area (Å²) < 4.78 is 0. The molecule has 1 rings (SSSR count). The van der Waals surface area contributed by atoms with Gasteiger partial charge in [0.05, 0.1) is 4.92 Å². The Hall–Kier alpha value is -1.32. The van der Waals surface area contributed by atoms with Crippen molar-refractivity contribution >= 4 is 0 Å². The molecule has 1 aliphatic heterocycles. The van der Waals surface area contributed by atoms with Gasteiger partial charge in [-0.15, -0.1) is 0 Å². The molecule has 0 aromatic heterocycles. The van der Waals surface area contributed by atoms with Crippen LogP contribution in [0, 0.1) is 10.1 Å². The van der Waals surface area contributed by atoms with E-state index in [-0.39, 0.29) is 4.92 Å². The molecule has 11 heavy (non-hydrogen) atoms. The van der Waals surface area contributed by atoms with Crippen molar-refractivity contribution < 1.29 is 4.92 Å². The Bertz CT molecular complexity index is 245. The molecular weight excluding hydrogens is 144 g/mol. The normalized spacial score (nSPS) is 29.1. The van der Waals surface area contributed by atoms with E-state index in [0.29, 0.717) is 0 Å². The summed E-state index contributed by atoms with van der Waals surface area (Å²) in [6.07, 6.45) is 4.98. The molecule has 0 aliphatic carbocycles. The lowest BCUT2D eigenvalue weighted by Gasteiger charge is -2.20. The molecular formula is C7H10N2O2. The zero-order valence-electron chi connectivity index (χ0n) is 6.50. The first kappa shape index (κ1) is 7.78. The van der Waals surface area contributed by atoms with Crippen LogP contribution < -0.4 is 5.32 Å². The molecule has 60 valence electrons. The van der Waals surface area contributed by atoms with Gasteiger partial charge in [-0.1, -0.05) is 0 Å². The molecule has 0 saturated carbocycles. The van der Waals surface area contributed by atoms with E-state index in [1.807, 2.05) is 6.92 Å². The number of hydrogen-bond acceptors (Lipinski definition) is 3. The van der Waals surface area contributed by atoms with Crippen molar-refractivity contribution in [2.45, 2.75) is 19.5 Å². The molecule has 0 bridgehead atoms. The van der Waals surface area contributed by atoms with E-state index in [4.69, 9.17) is 0 Å². The maximum atomic E-state index is 10.5. The summed E-state index contributed by atoms with van der Waals surface area (Å²) in [4.78, 5) is 10.1. The maximum Gasteiger partial charge on any atom is 0.310 e. The van der Waals surface area contributed by atoms with E-state index in [0.717, 1.165) is 5.57 Å². The first-order valence-electron chi connectivity index (χ1n) is 3.33. The minimum absolute atomic E-state index is 0.347. The Morgan fingerprint density at radius 3 is 2.73 bits per heavy atom. The van der Waals surface area contributed by atoms with E-state index in [1.165, 1.54) is 6.92 Å². The number of rotatable bonds is 1. The lowest BCUT2D eigenvalue weighted by atomic mass is 10.1. The molecule has 0 saturated heterocycles. The van der Waals surface area contributed by atoms with E-state index in [2.05, 4.69) is 5.32 Å². The van der Waals surface area contributed by atoms with Crippen molar-refractivity contribution in [3.63, 3.8) is 0 Å². The van der Waals surface area contributed by atoms with Gasteiger partial charge in [0.2, 0.25) is 0 Å². The van der Waals surface area contributed by atoms with Gasteiger partial charge >= 0.3 is 5.66 Å². The second-order valence-corrected chi connectivity index (χ2v) is 2.77. The summed E-state index contributed by atoms with van der Waals surface area (Å²) in [5.74, 6) is 0. The highest BCUT2D eigenvalue weighted by Crippen LogP contribution is 2.14. The van der Waals surface area contributed by atoms with Crippen LogP contribution in [-0.2, 0) is 0 Å². The smallest absolute Gasteiger partial charge is 0.310 e. The second kappa shape index (κ2) is 2.38. The van der Waals surface area contributed by atoms with Crippen LogP contribution in [0.15, 0.2) is 23.9 Å². The molecule has 4 heteroatoms. The van der Waals surface area contributed by atoms with E-state index in [1.54, 1.807) is 18.4 Å². The highest BCUT2D eigenvalue weighted by atomic mass is 16.6. The van der Waals surface area contributed by atoms with Crippen molar-refractivity contribution in [1.82, 2.24) is 5.32 Å². The fourth-order valence-electron chi connectivity index (χ4n) is 0.980. The predicted octanol–water partition coefficient (Wildman–Crippen LogP) is 1.04. The monoisotopic (exact) mass is 154 g/mol. The molecule has 4 nitrogen and oxygen atoms in total. The number of hydrogen-bond donors (Lipinski definition) is 1. The third kappa shape index (κ3) is 1.39. The van der Waals surface area contributed by atoms with E-state index in [9.17, 15) is 10.1 Å². The van der Waals surface area contributed by atoms with Crippen LogP contribution in [0.25, 0.3) is 0 Å². The Kier molecular flexibility index (Phi) is 1.68. The van der Waals surface area contributed by atoms with E-state index >= 15 is 0 Å². The summed E-state index contributed by atoms with van der Waals surface area (Å²) in [6.45, 7) is 3.36. The van der Waals surface area contributed by atoms with Crippen LogP contribution in [0.3, 0.4) is 0 Å². The predicted molar refractivity (Wildman–Crippen MR) is 41.4 cm³/mol. The maximum absolute atomic E-state index is 10.5. The van der Waals surface area contributed by atoms with Gasteiger partial charge in [-0.05, 0) is 18.6 Å². The lowest BCUT2D eigenvalue weighted by molar-refractivity contribution is -0.556. The van der Waals surface area contributed by atoms with Gasteiger partial charge < -0.3 is 5.32 Å². The van der Waals surface area contributed by atoms with Gasteiger partial charge in [-0.3, -0.25) is 10.1 Å². The summed E-state index contributed by atoms with van der Waals surface area (Å²) in [5, 5.41) is 13.2. The number of nitrogens with zero attached hydrogens (tertiary/aromatic N) is 1. The first-order valence-corrected chi connectivity index (χ1v) is 3.33. The summed E-state index contributed by atoms with van der Waals surface area (Å²) >= 11 is 0. The Morgan fingerprint density at radius 2 is 2.36 bits per heavy atom. The molecule has 0 fully saturated rings. The highest BCUT2D eigenvalue weighted by Gasteiger charge is 2.34. The van der Waals surface area contributed by atoms with Crippen molar-refractivity contribution in [2.24, 2.45) is 0 Å². The average Bonchev–Trinajstić information content (AvgIpc) is 1.86. The highest BCUT2D eigenvalue weighted by molar-refractivity contribution is 5.23.